The van der Waals surface area contributed by atoms with Gasteiger partial charge in [0.05, 0.1) is 5.69 Å². The van der Waals surface area contributed by atoms with Crippen LogP contribution in [-0.4, -0.2) is 22.0 Å². The monoisotopic (exact) mass is 294 g/mol. The van der Waals surface area contributed by atoms with E-state index in [0.717, 1.165) is 18.5 Å². The van der Waals surface area contributed by atoms with Crippen LogP contribution in [0.25, 0.3) is 0 Å². The predicted molar refractivity (Wildman–Crippen MR) is 78.6 cm³/mol. The van der Waals surface area contributed by atoms with Gasteiger partial charge in [0.25, 0.3) is 0 Å². The van der Waals surface area contributed by atoms with Crippen molar-refractivity contribution in [2.75, 3.05) is 5.32 Å². The highest BCUT2D eigenvalue weighted by atomic mass is 32.1. The molecule has 0 saturated carbocycles. The van der Waals surface area contributed by atoms with Gasteiger partial charge in [-0.2, -0.15) is 0 Å². The lowest BCUT2D eigenvalue weighted by Gasteiger charge is -2.00. The highest BCUT2D eigenvalue weighted by Crippen LogP contribution is 2.17. The van der Waals surface area contributed by atoms with Gasteiger partial charge in [-0.3, -0.25) is 9.59 Å². The van der Waals surface area contributed by atoms with E-state index in [4.69, 9.17) is 11.5 Å². The summed E-state index contributed by atoms with van der Waals surface area (Å²) in [5.74, 6) is 1.67. The number of aliphatic carboxylic acids is 1. The molecule has 0 aliphatic rings. The normalized spacial score (nSPS) is 9.95. The summed E-state index contributed by atoms with van der Waals surface area (Å²) in [6, 6.07) is 0. The van der Waals surface area contributed by atoms with Gasteiger partial charge < -0.3 is 10.4 Å². The van der Waals surface area contributed by atoms with E-state index in [-0.39, 0.29) is 12.3 Å². The average molecular weight is 294 g/mol. The molecular weight excluding hydrogens is 276 g/mol. The second-order valence-corrected chi connectivity index (χ2v) is 5.21. The maximum absolute atomic E-state index is 11.6. The largest absolute Gasteiger partial charge is 0.481 e. The minimum absolute atomic E-state index is 0.0616. The number of aryl methyl sites for hydroxylation is 1. The molecule has 0 saturated heterocycles. The minimum Gasteiger partial charge on any atom is -0.481 e. The number of thiazole rings is 1. The van der Waals surface area contributed by atoms with Crippen LogP contribution in [0.5, 0.6) is 0 Å². The molecule has 0 fully saturated rings. The van der Waals surface area contributed by atoms with Crippen molar-refractivity contribution in [3.8, 4) is 12.3 Å². The molecule has 0 aromatic carbocycles. The Morgan fingerprint density at radius 2 is 2.15 bits per heavy atom. The second-order valence-electron chi connectivity index (χ2n) is 4.35. The number of nitrogens with zero attached hydrogens (tertiary/aromatic N) is 1. The number of rotatable bonds is 9. The fraction of sp³-hybridized carbons (Fsp3) is 0.500. The Balaban J connectivity index is 2.27. The molecule has 1 aromatic heterocycles. The van der Waals surface area contributed by atoms with Gasteiger partial charge in [0.15, 0.2) is 5.13 Å². The van der Waals surface area contributed by atoms with E-state index in [0.29, 0.717) is 30.8 Å². The fourth-order valence-electron chi connectivity index (χ4n) is 1.59. The zero-order chi connectivity index (χ0) is 14.8. The molecule has 1 amide bonds. The Labute approximate surface area is 122 Å². The number of hydrogen-bond acceptors (Lipinski definition) is 4. The maximum atomic E-state index is 11.6. The summed E-state index contributed by atoms with van der Waals surface area (Å²) in [5, 5.41) is 13.7. The summed E-state index contributed by atoms with van der Waals surface area (Å²) < 4.78 is 0. The number of unbranched alkanes of at least 4 members (excludes halogenated alkanes) is 2. The highest BCUT2D eigenvalue weighted by Gasteiger charge is 2.07. The number of amides is 1. The summed E-state index contributed by atoms with van der Waals surface area (Å²) >= 11 is 1.36. The van der Waals surface area contributed by atoms with E-state index >= 15 is 0 Å². The van der Waals surface area contributed by atoms with Crippen molar-refractivity contribution < 1.29 is 14.7 Å². The Bertz CT molecular complexity index is 491. The van der Waals surface area contributed by atoms with Crippen molar-refractivity contribution >= 4 is 28.3 Å². The topological polar surface area (TPSA) is 79.3 Å². The van der Waals surface area contributed by atoms with Crippen LogP contribution in [0.1, 0.15) is 44.2 Å². The van der Waals surface area contributed by atoms with E-state index in [2.05, 4.69) is 16.2 Å². The molecule has 0 aliphatic heterocycles. The Morgan fingerprint density at radius 3 is 2.85 bits per heavy atom. The molecule has 1 rings (SSSR count). The van der Waals surface area contributed by atoms with Gasteiger partial charge in [0, 0.05) is 24.6 Å². The standard InChI is InChI=1S/C14H18N2O3S/c1-2-3-4-5-8-12(17)16-14-15-11(10-20-14)7-6-9-13(18)19/h1,10H,3-9H2,(H,18,19)(H,15,16,17). The third-order valence-corrected chi connectivity index (χ3v) is 3.40. The number of carbonyl (C=O) groups is 2. The quantitative estimate of drug-likeness (QED) is 0.542. The molecule has 20 heavy (non-hydrogen) atoms. The van der Waals surface area contributed by atoms with Gasteiger partial charge in [-0.1, -0.05) is 0 Å². The van der Waals surface area contributed by atoms with Crippen LogP contribution in [0.3, 0.4) is 0 Å². The van der Waals surface area contributed by atoms with Crippen LogP contribution < -0.4 is 5.32 Å². The summed E-state index contributed by atoms with van der Waals surface area (Å²) in [7, 11) is 0. The molecule has 108 valence electrons. The molecule has 5 nitrogen and oxygen atoms in total. The molecule has 0 unspecified atom stereocenters. The van der Waals surface area contributed by atoms with E-state index in [1.54, 1.807) is 0 Å². The smallest absolute Gasteiger partial charge is 0.303 e. The van der Waals surface area contributed by atoms with Crippen molar-refractivity contribution in [2.45, 2.75) is 44.9 Å². The number of nitrogens with one attached hydrogen (secondary N) is 1. The molecule has 1 heterocycles. The van der Waals surface area contributed by atoms with Crippen LogP contribution in [0.4, 0.5) is 5.13 Å². The van der Waals surface area contributed by atoms with Crippen LogP contribution in [-0.2, 0) is 16.0 Å². The lowest BCUT2D eigenvalue weighted by Crippen LogP contribution is -2.10. The van der Waals surface area contributed by atoms with Crippen LogP contribution in [0.2, 0.25) is 0 Å². The molecule has 0 spiro atoms. The lowest BCUT2D eigenvalue weighted by atomic mass is 10.2. The first kappa shape index (κ1) is 16.2. The number of hydrogen-bond donors (Lipinski definition) is 2. The molecule has 1 aromatic rings. The Hall–Kier alpha value is -1.87. The fourth-order valence-corrected chi connectivity index (χ4v) is 2.36. The van der Waals surface area contributed by atoms with Crippen molar-refractivity contribution in [1.82, 2.24) is 4.98 Å². The summed E-state index contributed by atoms with van der Waals surface area (Å²) in [6.45, 7) is 0. The molecule has 0 radical (unpaired) electrons. The molecule has 2 N–H and O–H groups in total. The molecular formula is C14H18N2O3S. The van der Waals surface area contributed by atoms with Crippen molar-refractivity contribution in [3.63, 3.8) is 0 Å². The lowest BCUT2D eigenvalue weighted by molar-refractivity contribution is -0.137. The first-order chi connectivity index (χ1) is 9.61. The van der Waals surface area contributed by atoms with Crippen molar-refractivity contribution in [1.29, 1.82) is 0 Å². The van der Waals surface area contributed by atoms with Crippen LogP contribution in [0, 0.1) is 12.3 Å². The first-order valence-electron chi connectivity index (χ1n) is 6.51. The SMILES string of the molecule is C#CCCCCC(=O)Nc1nc(CCCC(=O)O)cs1. The van der Waals surface area contributed by atoms with Crippen LogP contribution >= 0.6 is 11.3 Å². The zero-order valence-corrected chi connectivity index (χ0v) is 12.0. The maximum Gasteiger partial charge on any atom is 0.303 e. The third kappa shape index (κ3) is 6.90. The van der Waals surface area contributed by atoms with Crippen molar-refractivity contribution in [3.05, 3.63) is 11.1 Å². The van der Waals surface area contributed by atoms with Gasteiger partial charge >= 0.3 is 5.97 Å². The molecule has 6 heteroatoms. The number of aromatic nitrogens is 1. The van der Waals surface area contributed by atoms with Gasteiger partial charge in [-0.25, -0.2) is 4.98 Å². The van der Waals surface area contributed by atoms with Crippen molar-refractivity contribution in [2.24, 2.45) is 0 Å². The first-order valence-corrected chi connectivity index (χ1v) is 7.39. The van der Waals surface area contributed by atoms with Gasteiger partial charge in [-0.15, -0.1) is 23.7 Å². The van der Waals surface area contributed by atoms with Gasteiger partial charge in [0.1, 0.15) is 0 Å². The number of anilines is 1. The Morgan fingerprint density at radius 1 is 1.35 bits per heavy atom. The summed E-state index contributed by atoms with van der Waals surface area (Å²) in [6.07, 6.45) is 9.19. The third-order valence-electron chi connectivity index (χ3n) is 2.60. The number of carboxylic acids is 1. The van der Waals surface area contributed by atoms with E-state index in [1.165, 1.54) is 11.3 Å². The molecule has 0 atom stereocenters. The highest BCUT2D eigenvalue weighted by molar-refractivity contribution is 7.13. The average Bonchev–Trinajstić information content (AvgIpc) is 2.82. The number of terminal acetylenes is 1. The number of carbonyl (C=O) groups excluding carboxylic acids is 1. The van der Waals surface area contributed by atoms with E-state index in [9.17, 15) is 9.59 Å². The predicted octanol–water partition coefficient (Wildman–Crippen LogP) is 2.68. The van der Waals surface area contributed by atoms with Crippen LogP contribution in [0.15, 0.2) is 5.38 Å². The minimum atomic E-state index is -0.805. The summed E-state index contributed by atoms with van der Waals surface area (Å²) in [4.78, 5) is 26.3. The summed E-state index contributed by atoms with van der Waals surface area (Å²) in [5.41, 5.74) is 0.818. The van der Waals surface area contributed by atoms with Gasteiger partial charge in [-0.05, 0) is 25.7 Å². The Kier molecular flexibility index (Phi) is 7.36. The van der Waals surface area contributed by atoms with Gasteiger partial charge in [0.2, 0.25) is 5.91 Å². The zero-order valence-electron chi connectivity index (χ0n) is 11.2. The molecule has 0 aliphatic carbocycles. The van der Waals surface area contributed by atoms with E-state index in [1.807, 2.05) is 5.38 Å². The molecule has 0 bridgehead atoms. The number of carboxylic acid groups (broad SMARTS) is 1. The second kappa shape index (κ2) is 9.10. The van der Waals surface area contributed by atoms with E-state index < -0.39 is 5.97 Å².